The van der Waals surface area contributed by atoms with Crippen LogP contribution in [0.5, 0.6) is 0 Å². The van der Waals surface area contributed by atoms with Crippen molar-refractivity contribution in [1.29, 1.82) is 0 Å². The molecule has 168 valence electrons. The Bertz CT molecular complexity index is 1410. The van der Waals surface area contributed by atoms with Crippen LogP contribution in [0.25, 0.3) is 17.3 Å². The van der Waals surface area contributed by atoms with E-state index in [9.17, 15) is 13.2 Å². The van der Waals surface area contributed by atoms with Gasteiger partial charge in [-0.3, -0.25) is 13.7 Å². The summed E-state index contributed by atoms with van der Waals surface area (Å²) in [6.07, 6.45) is 3.36. The van der Waals surface area contributed by atoms with E-state index in [0.29, 0.717) is 41.0 Å². The zero-order valence-corrected chi connectivity index (χ0v) is 19.3. The molecule has 10 heteroatoms. The van der Waals surface area contributed by atoms with Crippen molar-refractivity contribution in [3.63, 3.8) is 0 Å². The number of furan rings is 1. The molecule has 8 nitrogen and oxygen atoms in total. The third-order valence-corrected chi connectivity index (χ3v) is 7.49. The fourth-order valence-corrected chi connectivity index (χ4v) is 5.65. The summed E-state index contributed by atoms with van der Waals surface area (Å²) in [5.74, 6) is 1.23. The lowest BCUT2D eigenvalue weighted by Gasteiger charge is -2.16. The summed E-state index contributed by atoms with van der Waals surface area (Å²) in [5.41, 5.74) is 2.92. The first-order valence-electron chi connectivity index (χ1n) is 10.2. The topological polar surface area (TPSA) is 98.3 Å². The minimum Gasteiger partial charge on any atom is -0.461 e. The molecule has 0 N–H and O–H groups in total. The maximum atomic E-state index is 13.0. The highest BCUT2D eigenvalue weighted by molar-refractivity contribution is 7.99. The Kier molecular flexibility index (Phi) is 5.55. The van der Waals surface area contributed by atoms with Crippen molar-refractivity contribution in [3.8, 4) is 17.3 Å². The zero-order valence-electron chi connectivity index (χ0n) is 17.7. The average molecular weight is 481 g/mol. The van der Waals surface area contributed by atoms with Crippen LogP contribution >= 0.6 is 11.8 Å². The first kappa shape index (κ1) is 21.5. The Morgan fingerprint density at radius 1 is 1.09 bits per heavy atom. The lowest BCUT2D eigenvalue weighted by atomic mass is 10.1. The number of fused-ring (bicyclic) bond motifs is 1. The summed E-state index contributed by atoms with van der Waals surface area (Å²) in [6.45, 7) is 0.399. The van der Waals surface area contributed by atoms with Gasteiger partial charge in [0.25, 0.3) is 0 Å². The van der Waals surface area contributed by atoms with Gasteiger partial charge in [0.05, 0.1) is 24.0 Å². The molecule has 0 unspecified atom stereocenters. The predicted molar refractivity (Wildman–Crippen MR) is 126 cm³/mol. The van der Waals surface area contributed by atoms with E-state index in [4.69, 9.17) is 4.42 Å². The molecule has 33 heavy (non-hydrogen) atoms. The fourth-order valence-electron chi connectivity index (χ4n) is 3.84. The number of nitrogens with zero attached hydrogens (tertiary/aromatic N) is 4. The third-order valence-electron chi connectivity index (χ3n) is 5.38. The summed E-state index contributed by atoms with van der Waals surface area (Å²) in [5, 5.41) is 9.16. The molecule has 0 bridgehead atoms. The number of sulfonamides is 1. The van der Waals surface area contributed by atoms with Gasteiger partial charge in [0.1, 0.15) is 0 Å². The second-order valence-electron chi connectivity index (χ2n) is 7.59. The smallest absolute Gasteiger partial charge is 0.232 e. The number of rotatable bonds is 7. The molecule has 0 saturated heterocycles. The standard InChI is InChI=1S/C23H20N4O4S2/c1-33(29,30)26-12-11-16-14-17(9-10-19(16)26)20(28)15-32-23-25-24-22(21-8-5-13-31-21)27(23)18-6-3-2-4-7-18/h2-10,13-14H,11-12,15H2,1H3. The first-order valence-corrected chi connectivity index (χ1v) is 13.1. The van der Waals surface area contributed by atoms with Crippen molar-refractivity contribution in [2.24, 2.45) is 0 Å². The molecule has 5 rings (SSSR count). The molecule has 3 heterocycles. The van der Waals surface area contributed by atoms with Crippen molar-refractivity contribution < 1.29 is 17.6 Å². The number of ketones is 1. The number of hydrogen-bond acceptors (Lipinski definition) is 7. The van der Waals surface area contributed by atoms with Crippen molar-refractivity contribution in [3.05, 3.63) is 78.1 Å². The van der Waals surface area contributed by atoms with Crippen LogP contribution in [0, 0.1) is 0 Å². The number of carbonyl (C=O) groups is 1. The molecule has 2 aromatic carbocycles. The van der Waals surface area contributed by atoms with Crippen LogP contribution in [-0.4, -0.2) is 47.5 Å². The van der Waals surface area contributed by atoms with Gasteiger partial charge in [-0.15, -0.1) is 10.2 Å². The Hall–Kier alpha value is -3.37. The maximum Gasteiger partial charge on any atom is 0.232 e. The van der Waals surface area contributed by atoms with Gasteiger partial charge in [-0.25, -0.2) is 8.42 Å². The second-order valence-corrected chi connectivity index (χ2v) is 10.4. The van der Waals surface area contributed by atoms with Gasteiger partial charge in [-0.1, -0.05) is 30.0 Å². The van der Waals surface area contributed by atoms with E-state index in [-0.39, 0.29) is 11.5 Å². The summed E-state index contributed by atoms with van der Waals surface area (Å²) in [4.78, 5) is 13.0. The second kappa shape index (κ2) is 8.53. The quantitative estimate of drug-likeness (QED) is 0.293. The molecule has 2 aromatic heterocycles. The van der Waals surface area contributed by atoms with Gasteiger partial charge >= 0.3 is 0 Å². The summed E-state index contributed by atoms with van der Waals surface area (Å²) in [6, 6.07) is 18.4. The molecule has 0 atom stereocenters. The van der Waals surface area contributed by atoms with Crippen LogP contribution in [0.4, 0.5) is 5.69 Å². The Balaban J connectivity index is 1.39. The van der Waals surface area contributed by atoms with Crippen molar-refractivity contribution in [2.45, 2.75) is 11.6 Å². The molecule has 0 radical (unpaired) electrons. The van der Waals surface area contributed by atoms with Gasteiger partial charge in [-0.2, -0.15) is 0 Å². The lowest BCUT2D eigenvalue weighted by Crippen LogP contribution is -2.27. The van der Waals surface area contributed by atoms with E-state index in [1.54, 1.807) is 30.5 Å². The molecule has 0 fully saturated rings. The number of thioether (sulfide) groups is 1. The van der Waals surface area contributed by atoms with Crippen molar-refractivity contribution in [1.82, 2.24) is 14.8 Å². The van der Waals surface area contributed by atoms with Crippen LogP contribution in [0.3, 0.4) is 0 Å². The van der Waals surface area contributed by atoms with E-state index < -0.39 is 10.0 Å². The molecule has 0 amide bonds. The minimum atomic E-state index is -3.32. The lowest BCUT2D eigenvalue weighted by molar-refractivity contribution is 0.102. The van der Waals surface area contributed by atoms with E-state index in [1.165, 1.54) is 22.3 Å². The number of anilines is 1. The number of para-hydroxylation sites is 1. The van der Waals surface area contributed by atoms with Gasteiger partial charge in [-0.05, 0) is 54.4 Å². The fraction of sp³-hybridized carbons (Fsp3) is 0.174. The number of benzene rings is 2. The molecule has 1 aliphatic heterocycles. The molecular weight excluding hydrogens is 460 g/mol. The normalized spacial score (nSPS) is 13.3. The van der Waals surface area contributed by atoms with Crippen molar-refractivity contribution >= 4 is 33.3 Å². The Morgan fingerprint density at radius 3 is 2.64 bits per heavy atom. The van der Waals surface area contributed by atoms with Crippen LogP contribution in [0.2, 0.25) is 0 Å². The predicted octanol–water partition coefficient (Wildman–Crippen LogP) is 3.82. The van der Waals surface area contributed by atoms with Gasteiger partial charge in [0.15, 0.2) is 16.7 Å². The Morgan fingerprint density at radius 2 is 1.91 bits per heavy atom. The summed E-state index contributed by atoms with van der Waals surface area (Å²) >= 11 is 1.29. The number of Topliss-reactive ketones (excluding diaryl/α,β-unsaturated/α-hetero) is 1. The van der Waals surface area contributed by atoms with E-state index in [0.717, 1.165) is 11.3 Å². The molecule has 4 aromatic rings. The first-order chi connectivity index (χ1) is 15.9. The Labute approximate surface area is 195 Å². The van der Waals surface area contributed by atoms with Gasteiger partial charge in [0.2, 0.25) is 15.8 Å². The highest BCUT2D eigenvalue weighted by atomic mass is 32.2. The highest BCUT2D eigenvalue weighted by Crippen LogP contribution is 2.32. The van der Waals surface area contributed by atoms with E-state index in [1.807, 2.05) is 41.0 Å². The van der Waals surface area contributed by atoms with Gasteiger partial charge in [0, 0.05) is 17.8 Å². The molecule has 1 aliphatic rings. The highest BCUT2D eigenvalue weighted by Gasteiger charge is 2.27. The minimum absolute atomic E-state index is 0.0669. The molecule has 0 spiro atoms. The SMILES string of the molecule is CS(=O)(=O)N1CCc2cc(C(=O)CSc3nnc(-c4ccco4)n3-c3ccccc3)ccc21. The van der Waals surface area contributed by atoms with Gasteiger partial charge < -0.3 is 4.42 Å². The summed E-state index contributed by atoms with van der Waals surface area (Å²) < 4.78 is 32.7. The van der Waals surface area contributed by atoms with Crippen LogP contribution in [0.15, 0.2) is 76.5 Å². The zero-order chi connectivity index (χ0) is 23.0. The van der Waals surface area contributed by atoms with Crippen LogP contribution in [-0.2, 0) is 16.4 Å². The number of hydrogen-bond donors (Lipinski definition) is 0. The maximum absolute atomic E-state index is 13.0. The molecule has 0 saturated carbocycles. The number of carbonyl (C=O) groups excluding carboxylic acids is 1. The van der Waals surface area contributed by atoms with E-state index >= 15 is 0 Å². The van der Waals surface area contributed by atoms with Crippen LogP contribution in [0.1, 0.15) is 15.9 Å². The van der Waals surface area contributed by atoms with Crippen LogP contribution < -0.4 is 4.31 Å². The number of aromatic nitrogens is 3. The summed E-state index contributed by atoms with van der Waals surface area (Å²) in [7, 11) is -3.32. The molecule has 0 aliphatic carbocycles. The molecular formula is C23H20N4O4S2. The average Bonchev–Trinajstić information content (AvgIpc) is 3.56. The third kappa shape index (κ3) is 4.19. The monoisotopic (exact) mass is 480 g/mol. The largest absolute Gasteiger partial charge is 0.461 e. The van der Waals surface area contributed by atoms with E-state index in [2.05, 4.69) is 10.2 Å². The van der Waals surface area contributed by atoms with Crippen molar-refractivity contribution in [2.75, 3.05) is 22.9 Å².